The van der Waals surface area contributed by atoms with E-state index in [1.807, 2.05) is 6.07 Å². The summed E-state index contributed by atoms with van der Waals surface area (Å²) in [6, 6.07) is 4.89. The first-order valence-corrected chi connectivity index (χ1v) is 8.90. The zero-order chi connectivity index (χ0) is 15.5. The number of anilines is 1. The Bertz CT molecular complexity index is 803. The number of sulfonamides is 1. The van der Waals surface area contributed by atoms with Gasteiger partial charge >= 0.3 is 0 Å². The van der Waals surface area contributed by atoms with Crippen LogP contribution < -0.4 is 4.72 Å². The molecule has 110 valence electrons. The molecule has 2 aromatic rings. The highest BCUT2D eigenvalue weighted by Gasteiger charge is 2.20. The summed E-state index contributed by atoms with van der Waals surface area (Å²) in [5, 5.41) is 15.6. The van der Waals surface area contributed by atoms with E-state index in [1.165, 1.54) is 0 Å². The third kappa shape index (κ3) is 4.04. The first kappa shape index (κ1) is 16.0. The van der Waals surface area contributed by atoms with Crippen LogP contribution in [0.3, 0.4) is 0 Å². The number of nitrogens with zero attached hydrogens (tertiary/aromatic N) is 3. The number of hydrogen-bond acceptors (Lipinski definition) is 7. The normalized spacial score (nSPS) is 11.1. The van der Waals surface area contributed by atoms with Gasteiger partial charge in [0.05, 0.1) is 16.8 Å². The van der Waals surface area contributed by atoms with Crippen molar-refractivity contribution in [1.82, 2.24) is 10.2 Å². The number of halogens is 2. The van der Waals surface area contributed by atoms with Gasteiger partial charge in [0.25, 0.3) is 10.0 Å². The van der Waals surface area contributed by atoms with Crippen molar-refractivity contribution in [3.63, 3.8) is 0 Å². The number of aromatic nitrogens is 2. The Hall–Kier alpha value is -1.41. The van der Waals surface area contributed by atoms with Gasteiger partial charge in [0.2, 0.25) is 5.13 Å². The largest absolute Gasteiger partial charge is 0.265 e. The monoisotopic (exact) mass is 364 g/mol. The maximum absolute atomic E-state index is 12.9. The van der Waals surface area contributed by atoms with E-state index in [-0.39, 0.29) is 20.8 Å². The molecule has 0 unspecified atom stereocenters. The Labute approximate surface area is 133 Å². The number of nitriles is 1. The quantitative estimate of drug-likeness (QED) is 0.819. The Morgan fingerprint density at radius 1 is 1.48 bits per heavy atom. The summed E-state index contributed by atoms with van der Waals surface area (Å²) in [6.45, 7) is 0. The standard InChI is InChI=1S/C10H6ClFN4O2S3/c11-7-5-6(12)1-2-8(7)21(17,18)16-9-14-15-10(20-9)19-4-3-13/h1-2,5H,4H2,(H,14,16). The van der Waals surface area contributed by atoms with Gasteiger partial charge in [0.15, 0.2) is 4.34 Å². The number of thioether (sulfide) groups is 1. The van der Waals surface area contributed by atoms with Gasteiger partial charge in [-0.25, -0.2) is 12.8 Å². The molecule has 0 amide bonds. The fraction of sp³-hybridized carbons (Fsp3) is 0.100. The maximum Gasteiger partial charge on any atom is 0.265 e. The van der Waals surface area contributed by atoms with Gasteiger partial charge in [-0.05, 0) is 18.2 Å². The topological polar surface area (TPSA) is 95.7 Å². The van der Waals surface area contributed by atoms with Gasteiger partial charge in [-0.2, -0.15) is 5.26 Å². The van der Waals surface area contributed by atoms with Gasteiger partial charge in [-0.3, -0.25) is 4.72 Å². The van der Waals surface area contributed by atoms with Crippen molar-refractivity contribution in [2.45, 2.75) is 9.24 Å². The van der Waals surface area contributed by atoms with E-state index in [9.17, 15) is 12.8 Å². The number of benzene rings is 1. The molecule has 1 N–H and O–H groups in total. The average Bonchev–Trinajstić information content (AvgIpc) is 2.82. The predicted molar refractivity (Wildman–Crippen MR) is 78.5 cm³/mol. The number of rotatable bonds is 5. The molecule has 0 aliphatic rings. The average molecular weight is 365 g/mol. The summed E-state index contributed by atoms with van der Waals surface area (Å²) in [7, 11) is -3.98. The Morgan fingerprint density at radius 2 is 2.24 bits per heavy atom. The van der Waals surface area contributed by atoms with Gasteiger partial charge in [0, 0.05) is 0 Å². The van der Waals surface area contributed by atoms with Gasteiger partial charge in [-0.1, -0.05) is 34.7 Å². The molecule has 6 nitrogen and oxygen atoms in total. The van der Waals surface area contributed by atoms with E-state index in [0.29, 0.717) is 4.34 Å². The smallest absolute Gasteiger partial charge is 0.253 e. The molecule has 11 heteroatoms. The molecule has 0 aliphatic heterocycles. The molecule has 21 heavy (non-hydrogen) atoms. The van der Waals surface area contributed by atoms with E-state index in [1.54, 1.807) is 0 Å². The second-order valence-electron chi connectivity index (χ2n) is 3.50. The van der Waals surface area contributed by atoms with Crippen molar-refractivity contribution in [2.24, 2.45) is 0 Å². The number of nitrogens with one attached hydrogen (secondary N) is 1. The number of hydrogen-bond donors (Lipinski definition) is 1. The minimum atomic E-state index is -3.98. The highest BCUT2D eigenvalue weighted by atomic mass is 35.5. The van der Waals surface area contributed by atoms with E-state index in [2.05, 4.69) is 14.9 Å². The van der Waals surface area contributed by atoms with Crippen LogP contribution in [0.15, 0.2) is 27.4 Å². The molecule has 0 fully saturated rings. The molecule has 0 saturated heterocycles. The molecular weight excluding hydrogens is 359 g/mol. The summed E-state index contributed by atoms with van der Waals surface area (Å²) in [5.41, 5.74) is 0. The minimum absolute atomic E-state index is 0.0378. The Balaban J connectivity index is 2.21. The van der Waals surface area contributed by atoms with Crippen LogP contribution in [0.5, 0.6) is 0 Å². The van der Waals surface area contributed by atoms with Crippen molar-refractivity contribution in [1.29, 1.82) is 5.26 Å². The Kier molecular flexibility index (Phi) is 5.00. The molecule has 1 aromatic heterocycles. The third-order valence-electron chi connectivity index (χ3n) is 2.07. The molecule has 0 radical (unpaired) electrons. The molecule has 2 rings (SSSR count). The lowest BCUT2D eigenvalue weighted by Crippen LogP contribution is -2.13. The van der Waals surface area contributed by atoms with Crippen LogP contribution in [-0.2, 0) is 10.0 Å². The summed E-state index contributed by atoms with van der Waals surface area (Å²) >= 11 is 7.85. The van der Waals surface area contributed by atoms with Crippen LogP contribution in [0.1, 0.15) is 0 Å². The summed E-state index contributed by atoms with van der Waals surface area (Å²) < 4.78 is 39.8. The molecule has 1 aromatic carbocycles. The third-order valence-corrected chi connectivity index (χ3v) is 5.86. The van der Waals surface area contributed by atoms with E-state index >= 15 is 0 Å². The molecule has 0 spiro atoms. The molecule has 0 bridgehead atoms. The van der Waals surface area contributed by atoms with Crippen LogP contribution in [0.25, 0.3) is 0 Å². The van der Waals surface area contributed by atoms with Gasteiger partial charge in [0.1, 0.15) is 10.7 Å². The molecule has 0 saturated carbocycles. The molecular formula is C10H6ClFN4O2S3. The second kappa shape index (κ2) is 6.57. The lowest BCUT2D eigenvalue weighted by Gasteiger charge is -2.06. The highest BCUT2D eigenvalue weighted by Crippen LogP contribution is 2.28. The summed E-state index contributed by atoms with van der Waals surface area (Å²) in [5.74, 6) is -0.449. The molecule has 0 aliphatic carbocycles. The van der Waals surface area contributed by atoms with Crippen molar-refractivity contribution < 1.29 is 12.8 Å². The zero-order valence-corrected chi connectivity index (χ0v) is 13.3. The lowest BCUT2D eigenvalue weighted by atomic mass is 10.3. The van der Waals surface area contributed by atoms with E-state index in [0.717, 1.165) is 41.3 Å². The second-order valence-corrected chi connectivity index (χ2v) is 7.76. The van der Waals surface area contributed by atoms with Crippen molar-refractivity contribution in [3.8, 4) is 6.07 Å². The van der Waals surface area contributed by atoms with Crippen LogP contribution in [0, 0.1) is 17.1 Å². The minimum Gasteiger partial charge on any atom is -0.253 e. The zero-order valence-electron chi connectivity index (χ0n) is 10.1. The fourth-order valence-corrected chi connectivity index (χ4v) is 4.44. The SMILES string of the molecule is N#CCSc1nnc(NS(=O)(=O)c2ccc(F)cc2Cl)s1. The van der Waals surface area contributed by atoms with E-state index < -0.39 is 15.8 Å². The van der Waals surface area contributed by atoms with Crippen LogP contribution >= 0.6 is 34.7 Å². The molecule has 1 heterocycles. The lowest BCUT2D eigenvalue weighted by molar-refractivity contribution is 0.599. The van der Waals surface area contributed by atoms with Gasteiger partial charge < -0.3 is 0 Å². The van der Waals surface area contributed by atoms with Crippen LogP contribution in [-0.4, -0.2) is 24.4 Å². The van der Waals surface area contributed by atoms with E-state index in [4.69, 9.17) is 16.9 Å². The van der Waals surface area contributed by atoms with Gasteiger partial charge in [-0.15, -0.1) is 10.2 Å². The van der Waals surface area contributed by atoms with Crippen molar-refractivity contribution >= 4 is 49.9 Å². The molecule has 0 atom stereocenters. The predicted octanol–water partition coefficient (Wildman–Crippen LogP) is 2.75. The maximum atomic E-state index is 12.9. The highest BCUT2D eigenvalue weighted by molar-refractivity contribution is 8.01. The fourth-order valence-electron chi connectivity index (χ4n) is 1.27. The van der Waals surface area contributed by atoms with Crippen molar-refractivity contribution in [2.75, 3.05) is 10.5 Å². The van der Waals surface area contributed by atoms with Crippen molar-refractivity contribution in [3.05, 3.63) is 29.0 Å². The summed E-state index contributed by atoms with van der Waals surface area (Å²) in [4.78, 5) is -0.257. The summed E-state index contributed by atoms with van der Waals surface area (Å²) in [6.07, 6.45) is 0. The van der Waals surface area contributed by atoms with Crippen LogP contribution in [0.4, 0.5) is 9.52 Å². The first-order valence-electron chi connectivity index (χ1n) is 5.23. The first-order chi connectivity index (χ1) is 9.92. The van der Waals surface area contributed by atoms with Crippen LogP contribution in [0.2, 0.25) is 5.02 Å². The Morgan fingerprint density at radius 3 is 2.90 bits per heavy atom.